The summed E-state index contributed by atoms with van der Waals surface area (Å²) in [5.74, 6) is 0.815. The SMILES string of the molecule is Cc1cc(N2CCN(C)CC2)cc2[nH]c(-c3cccc4ncnn34)nc12. The summed E-state index contributed by atoms with van der Waals surface area (Å²) in [4.78, 5) is 17.4. The third kappa shape index (κ3) is 2.43. The maximum absolute atomic E-state index is 4.84. The van der Waals surface area contributed by atoms with Crippen LogP contribution in [0.15, 0.2) is 36.7 Å². The molecule has 7 nitrogen and oxygen atoms in total. The van der Waals surface area contributed by atoms with Gasteiger partial charge in [-0.25, -0.2) is 14.5 Å². The summed E-state index contributed by atoms with van der Waals surface area (Å²) in [6.07, 6.45) is 1.57. The van der Waals surface area contributed by atoms with E-state index in [0.717, 1.165) is 54.4 Å². The predicted molar refractivity (Wildman–Crippen MR) is 103 cm³/mol. The topological polar surface area (TPSA) is 65.3 Å². The molecule has 132 valence electrons. The summed E-state index contributed by atoms with van der Waals surface area (Å²) >= 11 is 0. The fourth-order valence-electron chi connectivity index (χ4n) is 3.66. The summed E-state index contributed by atoms with van der Waals surface area (Å²) in [5, 5.41) is 4.32. The van der Waals surface area contributed by atoms with Crippen molar-refractivity contribution in [2.45, 2.75) is 6.92 Å². The Morgan fingerprint density at radius 2 is 1.92 bits per heavy atom. The molecule has 1 aromatic carbocycles. The van der Waals surface area contributed by atoms with Gasteiger partial charge in [0.1, 0.15) is 12.0 Å². The zero-order valence-electron chi connectivity index (χ0n) is 15.0. The molecule has 0 unspecified atom stereocenters. The normalized spacial score (nSPS) is 16.0. The van der Waals surface area contributed by atoms with Crippen LogP contribution in [-0.4, -0.2) is 62.7 Å². The number of hydrogen-bond acceptors (Lipinski definition) is 5. The van der Waals surface area contributed by atoms with E-state index >= 15 is 0 Å². The van der Waals surface area contributed by atoms with Gasteiger partial charge in [0.15, 0.2) is 11.5 Å². The fourth-order valence-corrected chi connectivity index (χ4v) is 3.66. The lowest BCUT2D eigenvalue weighted by molar-refractivity contribution is 0.313. The number of H-pyrrole nitrogens is 1. The number of likely N-dealkylation sites (N-methyl/N-ethyl adjacent to an activating group) is 1. The van der Waals surface area contributed by atoms with Crippen molar-refractivity contribution >= 4 is 22.4 Å². The molecular weight excluding hydrogens is 326 g/mol. The number of benzene rings is 1. The second-order valence-corrected chi connectivity index (χ2v) is 6.98. The predicted octanol–water partition coefficient (Wildman–Crippen LogP) is 2.33. The molecule has 0 radical (unpaired) electrons. The van der Waals surface area contributed by atoms with Gasteiger partial charge >= 0.3 is 0 Å². The first-order valence-electron chi connectivity index (χ1n) is 8.92. The van der Waals surface area contributed by atoms with E-state index in [9.17, 15) is 0 Å². The van der Waals surface area contributed by atoms with Crippen LogP contribution in [0, 0.1) is 6.92 Å². The number of aromatic amines is 1. The summed E-state index contributed by atoms with van der Waals surface area (Å²) < 4.78 is 1.81. The van der Waals surface area contributed by atoms with Gasteiger partial charge in [0.25, 0.3) is 0 Å². The van der Waals surface area contributed by atoms with Crippen LogP contribution in [0.3, 0.4) is 0 Å². The van der Waals surface area contributed by atoms with E-state index in [1.54, 1.807) is 6.33 Å². The Bertz CT molecular complexity index is 1090. The molecule has 5 rings (SSSR count). The van der Waals surface area contributed by atoms with E-state index in [1.165, 1.54) is 11.3 Å². The molecule has 1 fully saturated rings. The lowest BCUT2D eigenvalue weighted by Crippen LogP contribution is -2.44. The number of rotatable bonds is 2. The zero-order valence-corrected chi connectivity index (χ0v) is 15.0. The Morgan fingerprint density at radius 3 is 2.77 bits per heavy atom. The third-order valence-electron chi connectivity index (χ3n) is 5.17. The first kappa shape index (κ1) is 15.3. The smallest absolute Gasteiger partial charge is 0.157 e. The Kier molecular flexibility index (Phi) is 3.43. The Hall–Kier alpha value is -2.93. The summed E-state index contributed by atoms with van der Waals surface area (Å²) in [6.45, 7) is 6.43. The van der Waals surface area contributed by atoms with Crippen LogP contribution < -0.4 is 4.90 Å². The first-order valence-corrected chi connectivity index (χ1v) is 8.92. The maximum atomic E-state index is 4.84. The van der Waals surface area contributed by atoms with Crippen molar-refractivity contribution in [1.82, 2.24) is 29.5 Å². The van der Waals surface area contributed by atoms with Crippen molar-refractivity contribution in [1.29, 1.82) is 0 Å². The van der Waals surface area contributed by atoms with E-state index in [0.29, 0.717) is 0 Å². The number of anilines is 1. The molecule has 1 aliphatic heterocycles. The molecule has 7 heteroatoms. The van der Waals surface area contributed by atoms with Crippen LogP contribution in [0.2, 0.25) is 0 Å². The van der Waals surface area contributed by atoms with Gasteiger partial charge in [0.2, 0.25) is 0 Å². The minimum absolute atomic E-state index is 0.815. The number of aryl methyl sites for hydroxylation is 1. The second-order valence-electron chi connectivity index (χ2n) is 6.98. The van der Waals surface area contributed by atoms with Gasteiger partial charge < -0.3 is 14.8 Å². The summed E-state index contributed by atoms with van der Waals surface area (Å²) in [5.41, 5.74) is 6.25. The van der Waals surface area contributed by atoms with E-state index < -0.39 is 0 Å². The molecule has 0 spiro atoms. The quantitative estimate of drug-likeness (QED) is 0.603. The van der Waals surface area contributed by atoms with Crippen LogP contribution in [0.25, 0.3) is 28.2 Å². The zero-order chi connectivity index (χ0) is 17.7. The minimum atomic E-state index is 0.815. The lowest BCUT2D eigenvalue weighted by Gasteiger charge is -2.34. The van der Waals surface area contributed by atoms with Crippen LogP contribution in [0.1, 0.15) is 5.56 Å². The van der Waals surface area contributed by atoms with Crippen molar-refractivity contribution in [3.63, 3.8) is 0 Å². The molecule has 26 heavy (non-hydrogen) atoms. The Morgan fingerprint density at radius 1 is 1.08 bits per heavy atom. The molecule has 1 aliphatic rings. The van der Waals surface area contributed by atoms with E-state index in [4.69, 9.17) is 4.98 Å². The van der Waals surface area contributed by atoms with E-state index in [-0.39, 0.29) is 0 Å². The number of aromatic nitrogens is 5. The highest BCUT2D eigenvalue weighted by Crippen LogP contribution is 2.28. The van der Waals surface area contributed by atoms with Crippen molar-refractivity contribution < 1.29 is 0 Å². The first-order chi connectivity index (χ1) is 12.7. The highest BCUT2D eigenvalue weighted by molar-refractivity contribution is 5.85. The molecule has 4 aromatic rings. The average molecular weight is 347 g/mol. The van der Waals surface area contributed by atoms with Crippen molar-refractivity contribution in [3.8, 4) is 11.5 Å². The van der Waals surface area contributed by atoms with Crippen LogP contribution >= 0.6 is 0 Å². The third-order valence-corrected chi connectivity index (χ3v) is 5.17. The van der Waals surface area contributed by atoms with Crippen molar-refractivity contribution in [3.05, 3.63) is 42.2 Å². The highest BCUT2D eigenvalue weighted by atomic mass is 15.3. The molecule has 0 amide bonds. The maximum Gasteiger partial charge on any atom is 0.157 e. The van der Waals surface area contributed by atoms with Crippen molar-refractivity contribution in [2.75, 3.05) is 38.1 Å². The molecule has 0 aliphatic carbocycles. The van der Waals surface area contributed by atoms with E-state index in [1.807, 2.05) is 22.7 Å². The molecule has 0 atom stereocenters. The van der Waals surface area contributed by atoms with Gasteiger partial charge in [-0.2, -0.15) is 5.10 Å². The lowest BCUT2D eigenvalue weighted by atomic mass is 10.1. The Labute approximate surface area is 151 Å². The number of nitrogens with one attached hydrogen (secondary N) is 1. The molecule has 1 N–H and O–H groups in total. The minimum Gasteiger partial charge on any atom is -0.369 e. The molecule has 0 bridgehead atoms. The molecule has 0 saturated carbocycles. The summed E-state index contributed by atoms with van der Waals surface area (Å²) in [6, 6.07) is 10.4. The number of imidazole rings is 1. The van der Waals surface area contributed by atoms with Gasteiger partial charge in [-0.1, -0.05) is 6.07 Å². The van der Waals surface area contributed by atoms with Gasteiger partial charge in [-0.05, 0) is 43.8 Å². The van der Waals surface area contributed by atoms with Gasteiger partial charge in [-0.3, -0.25) is 0 Å². The fraction of sp³-hybridized carbons (Fsp3) is 0.316. The molecular formula is C19H21N7. The van der Waals surface area contributed by atoms with Crippen LogP contribution in [0.4, 0.5) is 5.69 Å². The monoisotopic (exact) mass is 347 g/mol. The van der Waals surface area contributed by atoms with Crippen LogP contribution in [-0.2, 0) is 0 Å². The number of fused-ring (bicyclic) bond motifs is 2. The number of pyridine rings is 1. The van der Waals surface area contributed by atoms with Gasteiger partial charge in [0, 0.05) is 31.9 Å². The van der Waals surface area contributed by atoms with Gasteiger partial charge in [-0.15, -0.1) is 0 Å². The number of piperazine rings is 1. The number of nitrogens with zero attached hydrogens (tertiary/aromatic N) is 6. The van der Waals surface area contributed by atoms with Crippen molar-refractivity contribution in [2.24, 2.45) is 0 Å². The molecule has 1 saturated heterocycles. The highest BCUT2D eigenvalue weighted by Gasteiger charge is 2.17. The van der Waals surface area contributed by atoms with Gasteiger partial charge in [0.05, 0.1) is 11.0 Å². The standard InChI is InChI=1S/C19H21N7/c1-13-10-14(25-8-6-24(2)7-9-25)11-15-18(13)23-19(22-15)16-4-3-5-17-20-12-21-26(16)17/h3-5,10-12H,6-9H2,1-2H3,(H,22,23). The van der Waals surface area contributed by atoms with Crippen LogP contribution in [0.5, 0.6) is 0 Å². The summed E-state index contributed by atoms with van der Waals surface area (Å²) in [7, 11) is 2.18. The second kappa shape index (κ2) is 5.81. The molecule has 4 heterocycles. The molecule has 3 aromatic heterocycles. The average Bonchev–Trinajstić information content (AvgIpc) is 3.29. The van der Waals surface area contributed by atoms with E-state index in [2.05, 4.69) is 51.0 Å². The number of hydrogen-bond donors (Lipinski definition) is 1. The Balaban J connectivity index is 1.59. The largest absolute Gasteiger partial charge is 0.369 e.